The molecule has 0 heterocycles. The lowest BCUT2D eigenvalue weighted by atomic mass is 10.1. The molecule has 0 N–H and O–H groups in total. The summed E-state index contributed by atoms with van der Waals surface area (Å²) in [5, 5.41) is 0. The average Bonchev–Trinajstić information content (AvgIpc) is 2.91. The van der Waals surface area contributed by atoms with Crippen LogP contribution in [0.5, 0.6) is 0 Å². The van der Waals surface area contributed by atoms with Crippen molar-refractivity contribution in [2.75, 3.05) is 0 Å². The third-order valence-electron chi connectivity index (χ3n) is 1.98. The fraction of sp³-hybridized carbons (Fsp3) is 0. The fourth-order valence-electron chi connectivity index (χ4n) is 1.22. The summed E-state index contributed by atoms with van der Waals surface area (Å²) in [6.45, 7) is 0. The molecule has 2 saturated carbocycles. The van der Waals surface area contributed by atoms with Gasteiger partial charge in [-0.3, -0.25) is 9.59 Å². The van der Waals surface area contributed by atoms with Crippen LogP contribution in [-0.4, -0.2) is 11.9 Å². The molecule has 0 unspecified atom stereocenters. The third kappa shape index (κ3) is 2.58. The molecule has 10 radical (unpaired) electrons. The van der Waals surface area contributed by atoms with E-state index in [4.69, 9.17) is 0 Å². The Morgan fingerprint density at radius 1 is 0.733 bits per heavy atom. The van der Waals surface area contributed by atoms with E-state index in [0.717, 1.165) is 0 Å². The van der Waals surface area contributed by atoms with Crippen molar-refractivity contribution in [2.24, 2.45) is 0 Å². The number of hydrogen-bond donors (Lipinski definition) is 0. The van der Waals surface area contributed by atoms with Gasteiger partial charge >= 0.3 is 11.9 Å². The summed E-state index contributed by atoms with van der Waals surface area (Å²) in [6.07, 6.45) is 13.2. The second-order valence-corrected chi connectivity index (χ2v) is 3.02. The van der Waals surface area contributed by atoms with Crippen LogP contribution in [0.2, 0.25) is 0 Å². The second-order valence-electron chi connectivity index (χ2n) is 3.02. The molecule has 2 rings (SSSR count). The average molecular weight is 200 g/mol. The van der Waals surface area contributed by atoms with Gasteiger partial charge in [0.05, 0.1) is 11.8 Å². The van der Waals surface area contributed by atoms with Gasteiger partial charge in [-0.2, -0.15) is 0 Å². The molecular formula is C12H8O3. The van der Waals surface area contributed by atoms with Crippen LogP contribution in [0, 0.1) is 63.2 Å². The highest BCUT2D eigenvalue weighted by atomic mass is 16.6. The van der Waals surface area contributed by atoms with E-state index in [1.54, 1.807) is 51.4 Å². The van der Waals surface area contributed by atoms with Crippen LogP contribution < -0.4 is 0 Å². The van der Waals surface area contributed by atoms with Gasteiger partial charge in [0, 0.05) is 0 Å². The molecule has 0 saturated heterocycles. The Labute approximate surface area is 90.2 Å². The quantitative estimate of drug-likeness (QED) is 0.490. The Morgan fingerprint density at radius 2 is 1.07 bits per heavy atom. The number of rotatable bonds is 2. The van der Waals surface area contributed by atoms with Gasteiger partial charge < -0.3 is 4.74 Å². The van der Waals surface area contributed by atoms with Crippen LogP contribution in [0.25, 0.3) is 0 Å². The molecule has 0 amide bonds. The Balaban J connectivity index is 1.79. The van der Waals surface area contributed by atoms with Gasteiger partial charge in [-0.1, -0.05) is 0 Å². The molecule has 0 bridgehead atoms. The van der Waals surface area contributed by atoms with Gasteiger partial charge in [-0.25, -0.2) is 0 Å². The number of ether oxygens (including phenoxy) is 1. The van der Waals surface area contributed by atoms with Crippen LogP contribution in [0.3, 0.4) is 0 Å². The van der Waals surface area contributed by atoms with Gasteiger partial charge in [0.1, 0.15) is 0 Å². The predicted octanol–water partition coefficient (Wildman–Crippen LogP) is 0.867. The third-order valence-corrected chi connectivity index (χ3v) is 1.98. The zero-order chi connectivity index (χ0) is 10.7. The summed E-state index contributed by atoms with van der Waals surface area (Å²) < 4.78 is 4.66. The lowest BCUT2D eigenvalue weighted by Crippen LogP contribution is -2.22. The van der Waals surface area contributed by atoms with Crippen LogP contribution in [-0.2, 0) is 14.3 Å². The molecule has 0 atom stereocenters. The van der Waals surface area contributed by atoms with E-state index < -0.39 is 11.9 Å². The number of carbonyl (C=O) groups excluding carboxylic acids is 2. The minimum Gasteiger partial charge on any atom is -0.392 e. The van der Waals surface area contributed by atoms with E-state index >= 15 is 0 Å². The van der Waals surface area contributed by atoms with Crippen LogP contribution in [0.15, 0.2) is 0 Å². The van der Waals surface area contributed by atoms with Crippen LogP contribution in [0.1, 0.15) is 0 Å². The standard InChI is InChI=1S/C12H8O3/c13-11(9-5-1-2-6-9)15-12(14)10-7-3-4-8-10/h1-8H. The van der Waals surface area contributed by atoms with Gasteiger partial charge in [0.25, 0.3) is 0 Å². The van der Waals surface area contributed by atoms with Crippen molar-refractivity contribution in [1.29, 1.82) is 0 Å². The number of esters is 2. The molecule has 0 spiro atoms. The zero-order valence-electron chi connectivity index (χ0n) is 7.84. The first-order valence-electron chi connectivity index (χ1n) is 4.47. The molecule has 2 fully saturated rings. The summed E-state index contributed by atoms with van der Waals surface area (Å²) in [5.41, 5.74) is 0. The van der Waals surface area contributed by atoms with E-state index in [1.807, 2.05) is 0 Å². The maximum absolute atomic E-state index is 11.4. The first-order valence-corrected chi connectivity index (χ1v) is 4.47. The van der Waals surface area contributed by atoms with Gasteiger partial charge in [-0.05, 0) is 51.4 Å². The molecule has 0 aliphatic heterocycles. The number of carbonyl (C=O) groups is 2. The Hall–Kier alpha value is -0.860. The van der Waals surface area contributed by atoms with Gasteiger partial charge in [0.2, 0.25) is 0 Å². The van der Waals surface area contributed by atoms with Crippen molar-refractivity contribution < 1.29 is 14.3 Å². The summed E-state index contributed by atoms with van der Waals surface area (Å²) >= 11 is 0. The summed E-state index contributed by atoms with van der Waals surface area (Å²) in [5.74, 6) is -0.470. The lowest BCUT2D eigenvalue weighted by Gasteiger charge is -2.09. The maximum Gasteiger partial charge on any atom is 0.321 e. The van der Waals surface area contributed by atoms with E-state index in [0.29, 0.717) is 11.8 Å². The highest BCUT2D eigenvalue weighted by molar-refractivity contribution is 6.03. The fourth-order valence-corrected chi connectivity index (χ4v) is 1.22. The molecule has 74 valence electrons. The molecule has 15 heavy (non-hydrogen) atoms. The van der Waals surface area contributed by atoms with Crippen molar-refractivity contribution in [3.05, 3.63) is 63.2 Å². The summed E-state index contributed by atoms with van der Waals surface area (Å²) in [6, 6.07) is 0. The normalized spacial score (nSPS) is 23.2. The predicted molar refractivity (Wildman–Crippen MR) is 52.0 cm³/mol. The Morgan fingerprint density at radius 3 is 1.40 bits per heavy atom. The molecule has 2 aliphatic carbocycles. The van der Waals surface area contributed by atoms with Crippen molar-refractivity contribution in [3.8, 4) is 0 Å². The number of hydrogen-bond acceptors (Lipinski definition) is 3. The first-order chi connectivity index (χ1) is 7.27. The van der Waals surface area contributed by atoms with Gasteiger partial charge in [-0.15, -0.1) is 0 Å². The van der Waals surface area contributed by atoms with Gasteiger partial charge in [0.15, 0.2) is 0 Å². The largest absolute Gasteiger partial charge is 0.392 e. The van der Waals surface area contributed by atoms with E-state index in [1.165, 1.54) is 0 Å². The topological polar surface area (TPSA) is 43.4 Å². The SMILES string of the molecule is O=C(OC(=O)[C]1[CH][CH][CH][CH]1)[C]1[CH][CH][CH][CH]1. The molecule has 3 nitrogen and oxygen atoms in total. The molecule has 0 aromatic rings. The van der Waals surface area contributed by atoms with E-state index in [2.05, 4.69) is 4.74 Å². The Kier molecular flexibility index (Phi) is 3.39. The zero-order valence-corrected chi connectivity index (χ0v) is 7.84. The highest BCUT2D eigenvalue weighted by Crippen LogP contribution is 2.27. The van der Waals surface area contributed by atoms with E-state index in [9.17, 15) is 9.59 Å². The summed E-state index contributed by atoms with van der Waals surface area (Å²) in [4.78, 5) is 22.7. The Bertz CT molecular complexity index is 222. The van der Waals surface area contributed by atoms with Crippen molar-refractivity contribution in [1.82, 2.24) is 0 Å². The molecule has 2 aliphatic rings. The minimum absolute atomic E-state index is 0.384. The van der Waals surface area contributed by atoms with Crippen molar-refractivity contribution >= 4 is 11.9 Å². The smallest absolute Gasteiger partial charge is 0.321 e. The molecular weight excluding hydrogens is 192 g/mol. The second kappa shape index (κ2) is 4.77. The highest BCUT2D eigenvalue weighted by Gasteiger charge is 2.32. The van der Waals surface area contributed by atoms with Crippen LogP contribution in [0.4, 0.5) is 0 Å². The van der Waals surface area contributed by atoms with E-state index in [-0.39, 0.29) is 0 Å². The minimum atomic E-state index is -0.619. The maximum atomic E-state index is 11.4. The van der Waals surface area contributed by atoms with Crippen molar-refractivity contribution in [3.63, 3.8) is 0 Å². The van der Waals surface area contributed by atoms with Crippen LogP contribution >= 0.6 is 0 Å². The monoisotopic (exact) mass is 200 g/mol. The molecule has 0 aromatic carbocycles. The molecule has 3 heteroatoms. The summed E-state index contributed by atoms with van der Waals surface area (Å²) in [7, 11) is 0. The first kappa shape index (κ1) is 10.7. The van der Waals surface area contributed by atoms with Crippen molar-refractivity contribution in [2.45, 2.75) is 0 Å². The lowest BCUT2D eigenvalue weighted by molar-refractivity contribution is -0.155. The molecule has 0 aromatic heterocycles.